The van der Waals surface area contributed by atoms with Gasteiger partial charge in [0.15, 0.2) is 0 Å². The van der Waals surface area contributed by atoms with E-state index in [4.69, 9.17) is 0 Å². The molecular formula is C17H23N3O2. The van der Waals surface area contributed by atoms with Gasteiger partial charge in [-0.2, -0.15) is 0 Å². The second kappa shape index (κ2) is 5.14. The zero-order valence-corrected chi connectivity index (χ0v) is 13.1. The molecule has 3 aliphatic rings. The van der Waals surface area contributed by atoms with Crippen molar-refractivity contribution in [2.45, 2.75) is 31.7 Å². The van der Waals surface area contributed by atoms with Gasteiger partial charge in [-0.3, -0.25) is 9.59 Å². The minimum absolute atomic E-state index is 0.137. The molecule has 3 fully saturated rings. The third kappa shape index (κ3) is 2.14. The second-order valence-electron chi connectivity index (χ2n) is 7.08. The van der Waals surface area contributed by atoms with Gasteiger partial charge in [0.1, 0.15) is 5.69 Å². The quantitative estimate of drug-likeness (QED) is 0.789. The van der Waals surface area contributed by atoms with Crippen LogP contribution in [0.2, 0.25) is 0 Å². The van der Waals surface area contributed by atoms with Crippen LogP contribution in [0.25, 0.3) is 0 Å². The SMILES string of the molecule is Cn1cccc1C(=O)N1C[C@H]2C[C@H](C1)[C@H]1CCCC(=O)N1C2. The van der Waals surface area contributed by atoms with Gasteiger partial charge in [-0.05, 0) is 43.2 Å². The number of rotatable bonds is 1. The van der Waals surface area contributed by atoms with Crippen LogP contribution in [0.1, 0.15) is 36.2 Å². The first kappa shape index (κ1) is 13.9. The van der Waals surface area contributed by atoms with Crippen LogP contribution in [-0.4, -0.2) is 51.9 Å². The highest BCUT2D eigenvalue weighted by atomic mass is 16.2. The van der Waals surface area contributed by atoms with Gasteiger partial charge in [0.05, 0.1) is 0 Å². The van der Waals surface area contributed by atoms with E-state index < -0.39 is 0 Å². The minimum Gasteiger partial charge on any atom is -0.347 e. The molecule has 5 heteroatoms. The van der Waals surface area contributed by atoms with Crippen LogP contribution < -0.4 is 0 Å². The Morgan fingerprint density at radius 2 is 2.14 bits per heavy atom. The summed E-state index contributed by atoms with van der Waals surface area (Å²) in [7, 11) is 1.92. The average Bonchev–Trinajstić information content (AvgIpc) is 2.93. The Bertz CT molecular complexity index is 609. The molecule has 4 rings (SSSR count). The molecule has 3 atom stereocenters. The summed E-state index contributed by atoms with van der Waals surface area (Å²) in [6, 6.07) is 4.17. The molecule has 0 unspecified atom stereocenters. The normalized spacial score (nSPS) is 31.1. The number of fused-ring (bicyclic) bond motifs is 4. The van der Waals surface area contributed by atoms with Crippen molar-refractivity contribution in [1.29, 1.82) is 0 Å². The van der Waals surface area contributed by atoms with E-state index >= 15 is 0 Å². The van der Waals surface area contributed by atoms with E-state index in [1.54, 1.807) is 0 Å². The number of carbonyl (C=O) groups is 2. The first-order valence-electron chi connectivity index (χ1n) is 8.33. The third-order valence-corrected chi connectivity index (χ3v) is 5.63. The Labute approximate surface area is 130 Å². The topological polar surface area (TPSA) is 45.6 Å². The number of likely N-dealkylation sites (tertiary alicyclic amines) is 1. The van der Waals surface area contributed by atoms with Crippen LogP contribution in [0, 0.1) is 11.8 Å². The van der Waals surface area contributed by atoms with Crippen LogP contribution in [-0.2, 0) is 11.8 Å². The van der Waals surface area contributed by atoms with Crippen molar-refractivity contribution in [2.75, 3.05) is 19.6 Å². The van der Waals surface area contributed by atoms with Crippen molar-refractivity contribution < 1.29 is 9.59 Å². The van der Waals surface area contributed by atoms with Crippen molar-refractivity contribution in [2.24, 2.45) is 18.9 Å². The highest BCUT2D eigenvalue weighted by Gasteiger charge is 2.44. The molecule has 0 aliphatic carbocycles. The minimum atomic E-state index is 0.137. The molecule has 0 saturated carbocycles. The smallest absolute Gasteiger partial charge is 0.270 e. The summed E-state index contributed by atoms with van der Waals surface area (Å²) >= 11 is 0. The standard InChI is InChI=1S/C17H23N3O2/c1-18-7-3-5-15(18)17(22)19-9-12-8-13(11-19)14-4-2-6-16(21)20(14)10-12/h3,5,7,12-14H,2,4,6,8-11H2,1H3/t12-,13-,14-/m1/s1. The van der Waals surface area contributed by atoms with Gasteiger partial charge in [0.2, 0.25) is 5.91 Å². The van der Waals surface area contributed by atoms with Crippen molar-refractivity contribution in [3.05, 3.63) is 24.0 Å². The van der Waals surface area contributed by atoms with Crippen molar-refractivity contribution >= 4 is 11.8 Å². The number of nitrogens with zero attached hydrogens (tertiary/aromatic N) is 3. The fourth-order valence-corrected chi connectivity index (χ4v) is 4.62. The van der Waals surface area contributed by atoms with Gasteiger partial charge in [-0.25, -0.2) is 0 Å². The van der Waals surface area contributed by atoms with Gasteiger partial charge in [-0.1, -0.05) is 0 Å². The zero-order chi connectivity index (χ0) is 15.3. The van der Waals surface area contributed by atoms with Gasteiger partial charge < -0.3 is 14.4 Å². The highest BCUT2D eigenvalue weighted by molar-refractivity contribution is 5.92. The van der Waals surface area contributed by atoms with Crippen LogP contribution in [0.3, 0.4) is 0 Å². The predicted molar refractivity (Wildman–Crippen MR) is 82.3 cm³/mol. The van der Waals surface area contributed by atoms with Gasteiger partial charge in [-0.15, -0.1) is 0 Å². The highest BCUT2D eigenvalue weighted by Crippen LogP contribution is 2.38. The van der Waals surface area contributed by atoms with E-state index in [0.29, 0.717) is 30.2 Å². The number of amides is 2. The molecule has 4 heterocycles. The maximum absolute atomic E-state index is 12.8. The van der Waals surface area contributed by atoms with E-state index in [-0.39, 0.29) is 5.91 Å². The molecule has 0 aromatic carbocycles. The number of piperidine rings is 3. The molecule has 22 heavy (non-hydrogen) atoms. The molecule has 3 saturated heterocycles. The number of carbonyl (C=O) groups excluding carboxylic acids is 2. The van der Waals surface area contributed by atoms with E-state index in [1.807, 2.05) is 34.8 Å². The maximum Gasteiger partial charge on any atom is 0.270 e. The molecule has 2 amide bonds. The van der Waals surface area contributed by atoms with E-state index in [9.17, 15) is 9.59 Å². The number of aromatic nitrogens is 1. The lowest BCUT2D eigenvalue weighted by molar-refractivity contribution is -0.144. The second-order valence-corrected chi connectivity index (χ2v) is 7.08. The van der Waals surface area contributed by atoms with E-state index in [1.165, 1.54) is 6.42 Å². The monoisotopic (exact) mass is 301 g/mol. The Balaban J connectivity index is 1.54. The molecule has 0 N–H and O–H groups in total. The van der Waals surface area contributed by atoms with Gasteiger partial charge >= 0.3 is 0 Å². The van der Waals surface area contributed by atoms with Gasteiger partial charge in [0.25, 0.3) is 5.91 Å². The number of hydrogen-bond acceptors (Lipinski definition) is 2. The summed E-state index contributed by atoms with van der Waals surface area (Å²) < 4.78 is 1.89. The number of hydrogen-bond donors (Lipinski definition) is 0. The Morgan fingerprint density at radius 3 is 2.91 bits per heavy atom. The first-order chi connectivity index (χ1) is 10.6. The summed E-state index contributed by atoms with van der Waals surface area (Å²) in [5.74, 6) is 1.37. The lowest BCUT2D eigenvalue weighted by Crippen LogP contribution is -2.61. The molecule has 118 valence electrons. The van der Waals surface area contributed by atoms with Crippen LogP contribution in [0.5, 0.6) is 0 Å². The Morgan fingerprint density at radius 1 is 1.27 bits per heavy atom. The van der Waals surface area contributed by atoms with E-state index in [2.05, 4.69) is 4.90 Å². The fourth-order valence-electron chi connectivity index (χ4n) is 4.62. The average molecular weight is 301 g/mol. The lowest BCUT2D eigenvalue weighted by atomic mass is 9.76. The Hall–Kier alpha value is -1.78. The number of aryl methyl sites for hydroxylation is 1. The van der Waals surface area contributed by atoms with Crippen molar-refractivity contribution in [1.82, 2.24) is 14.4 Å². The summed E-state index contributed by atoms with van der Waals surface area (Å²) in [6.07, 6.45) is 5.91. The van der Waals surface area contributed by atoms with Crippen molar-refractivity contribution in [3.8, 4) is 0 Å². The molecule has 0 spiro atoms. The summed E-state index contributed by atoms with van der Waals surface area (Å²) in [5, 5.41) is 0. The summed E-state index contributed by atoms with van der Waals surface area (Å²) in [4.78, 5) is 29.0. The van der Waals surface area contributed by atoms with Crippen LogP contribution >= 0.6 is 0 Å². The third-order valence-electron chi connectivity index (χ3n) is 5.63. The maximum atomic E-state index is 12.8. The van der Waals surface area contributed by atoms with Crippen LogP contribution in [0.4, 0.5) is 0 Å². The zero-order valence-electron chi connectivity index (χ0n) is 13.1. The molecule has 3 aliphatic heterocycles. The fraction of sp³-hybridized carbons (Fsp3) is 0.647. The first-order valence-corrected chi connectivity index (χ1v) is 8.33. The molecule has 0 radical (unpaired) electrons. The lowest BCUT2D eigenvalue weighted by Gasteiger charge is -2.52. The molecule has 1 aromatic rings. The molecule has 1 aromatic heterocycles. The van der Waals surface area contributed by atoms with E-state index in [0.717, 1.165) is 38.2 Å². The summed E-state index contributed by atoms with van der Waals surface area (Å²) in [6.45, 7) is 2.43. The Kier molecular flexibility index (Phi) is 3.24. The molecule has 5 nitrogen and oxygen atoms in total. The summed E-state index contributed by atoms with van der Waals surface area (Å²) in [5.41, 5.74) is 0.761. The van der Waals surface area contributed by atoms with Gasteiger partial charge in [0, 0.05) is 45.3 Å². The predicted octanol–water partition coefficient (Wildman–Crippen LogP) is 1.50. The largest absolute Gasteiger partial charge is 0.347 e. The molecule has 2 bridgehead atoms. The van der Waals surface area contributed by atoms with Crippen molar-refractivity contribution in [3.63, 3.8) is 0 Å². The van der Waals surface area contributed by atoms with Crippen LogP contribution in [0.15, 0.2) is 18.3 Å². The molecular weight excluding hydrogens is 278 g/mol.